The summed E-state index contributed by atoms with van der Waals surface area (Å²) in [5.41, 5.74) is 2.32. The van der Waals surface area contributed by atoms with Crippen molar-refractivity contribution in [2.45, 2.75) is 18.7 Å². The average Bonchev–Trinajstić information content (AvgIpc) is 2.88. The fourth-order valence-electron chi connectivity index (χ4n) is 2.09. The highest BCUT2D eigenvalue weighted by Crippen LogP contribution is 2.32. The molecule has 1 aromatic carbocycles. The molecule has 0 aliphatic heterocycles. The molecule has 5 N–H and O–H groups in total. The number of hydrogen-bond acceptors (Lipinski definition) is 8. The van der Waals surface area contributed by atoms with Gasteiger partial charge in [0.25, 0.3) is 21.8 Å². The SMILES string of the molecule is Cc1sc(NC(=O)c2ccc(S(=O)(=O)N(O)O)cc2)c(C(=O)NO)c1C. The van der Waals surface area contributed by atoms with Crippen LogP contribution in [0.4, 0.5) is 5.00 Å². The Hall–Kier alpha value is -2.35. The molecule has 140 valence electrons. The van der Waals surface area contributed by atoms with Crippen molar-refractivity contribution < 1.29 is 33.6 Å². The summed E-state index contributed by atoms with van der Waals surface area (Å²) in [5.74, 6) is -1.39. The summed E-state index contributed by atoms with van der Waals surface area (Å²) in [5, 5.41) is 29.0. The van der Waals surface area contributed by atoms with E-state index in [1.165, 1.54) is 17.6 Å². The first-order valence-electron chi connectivity index (χ1n) is 6.98. The minimum Gasteiger partial charge on any atom is -0.313 e. The van der Waals surface area contributed by atoms with Gasteiger partial charge in [0, 0.05) is 10.4 Å². The van der Waals surface area contributed by atoms with Crippen LogP contribution in [0.25, 0.3) is 0 Å². The van der Waals surface area contributed by atoms with Crippen LogP contribution in [0.5, 0.6) is 0 Å². The zero-order valence-corrected chi connectivity index (χ0v) is 15.2. The summed E-state index contributed by atoms with van der Waals surface area (Å²) in [4.78, 5) is 24.5. The molecule has 2 amide bonds. The molecule has 0 fully saturated rings. The van der Waals surface area contributed by atoms with Crippen LogP contribution in [0, 0.1) is 13.8 Å². The van der Waals surface area contributed by atoms with Crippen molar-refractivity contribution in [3.8, 4) is 0 Å². The third-order valence-electron chi connectivity index (χ3n) is 3.57. The number of rotatable bonds is 5. The molecule has 0 radical (unpaired) electrons. The number of sulfonamides is 1. The molecule has 1 aromatic heterocycles. The van der Waals surface area contributed by atoms with E-state index in [1.807, 2.05) is 0 Å². The van der Waals surface area contributed by atoms with E-state index in [0.29, 0.717) is 5.56 Å². The standard InChI is InChI=1S/C14H15N3O7S2/c1-7-8(2)25-14(11(7)13(19)16-20)15-12(18)9-3-5-10(6-4-9)26(23,24)17(21)22/h3-6,20-22H,1-2H3,(H,15,18)(H,16,19). The second-order valence-electron chi connectivity index (χ2n) is 5.13. The maximum atomic E-state index is 12.3. The van der Waals surface area contributed by atoms with E-state index < -0.39 is 31.4 Å². The Kier molecular flexibility index (Phi) is 5.75. The number of nitrogens with one attached hydrogen (secondary N) is 2. The summed E-state index contributed by atoms with van der Waals surface area (Å²) in [6.45, 7) is 3.42. The van der Waals surface area contributed by atoms with Crippen LogP contribution >= 0.6 is 11.3 Å². The maximum absolute atomic E-state index is 12.3. The number of amides is 2. The highest BCUT2D eigenvalue weighted by molar-refractivity contribution is 7.88. The Morgan fingerprint density at radius 3 is 2.15 bits per heavy atom. The normalized spacial score (nSPS) is 11.5. The maximum Gasteiger partial charge on any atom is 0.288 e. The molecule has 0 unspecified atom stereocenters. The van der Waals surface area contributed by atoms with Gasteiger partial charge in [-0.3, -0.25) is 25.2 Å². The summed E-state index contributed by atoms with van der Waals surface area (Å²) < 4.78 is 22.2. The quantitative estimate of drug-likeness (QED) is 0.375. The fourth-order valence-corrected chi connectivity index (χ4v) is 3.81. The van der Waals surface area contributed by atoms with E-state index in [9.17, 15) is 18.0 Å². The van der Waals surface area contributed by atoms with Gasteiger partial charge in [0.15, 0.2) is 0 Å². The zero-order valence-electron chi connectivity index (χ0n) is 13.5. The molecule has 0 atom stereocenters. The van der Waals surface area contributed by atoms with Crippen molar-refractivity contribution in [3.05, 3.63) is 45.8 Å². The van der Waals surface area contributed by atoms with Gasteiger partial charge >= 0.3 is 0 Å². The Bertz CT molecular complexity index is 950. The molecule has 1 heterocycles. The van der Waals surface area contributed by atoms with Crippen molar-refractivity contribution in [2.24, 2.45) is 0 Å². The molecular formula is C14H15N3O7S2. The van der Waals surface area contributed by atoms with Gasteiger partial charge in [-0.05, 0) is 43.7 Å². The van der Waals surface area contributed by atoms with Crippen molar-refractivity contribution in [3.63, 3.8) is 0 Å². The van der Waals surface area contributed by atoms with Crippen molar-refractivity contribution in [1.82, 2.24) is 10.1 Å². The van der Waals surface area contributed by atoms with Crippen molar-refractivity contribution in [2.75, 3.05) is 5.32 Å². The van der Waals surface area contributed by atoms with Gasteiger partial charge in [0.1, 0.15) is 5.00 Å². The molecule has 0 saturated heterocycles. The lowest BCUT2D eigenvalue weighted by Gasteiger charge is -2.09. The Labute approximate surface area is 152 Å². The van der Waals surface area contributed by atoms with Gasteiger partial charge in [-0.1, -0.05) is 0 Å². The Morgan fingerprint density at radius 2 is 1.65 bits per heavy atom. The Morgan fingerprint density at radius 1 is 1.08 bits per heavy atom. The predicted molar refractivity (Wildman–Crippen MR) is 90.0 cm³/mol. The van der Waals surface area contributed by atoms with E-state index >= 15 is 0 Å². The third kappa shape index (κ3) is 3.75. The molecule has 0 aliphatic carbocycles. The van der Waals surface area contributed by atoms with Crippen molar-refractivity contribution >= 4 is 38.2 Å². The number of thiophene rings is 1. The average molecular weight is 401 g/mol. The number of benzene rings is 1. The minimum atomic E-state index is -4.47. The lowest BCUT2D eigenvalue weighted by Crippen LogP contribution is -2.24. The first-order valence-corrected chi connectivity index (χ1v) is 9.24. The van der Waals surface area contributed by atoms with Crippen LogP contribution in [-0.4, -0.2) is 40.5 Å². The number of carbonyl (C=O) groups is 2. The molecular weight excluding hydrogens is 386 g/mol. The van der Waals surface area contributed by atoms with Gasteiger partial charge in [-0.15, -0.1) is 11.3 Å². The monoisotopic (exact) mass is 401 g/mol. The van der Waals surface area contributed by atoms with Crippen LogP contribution < -0.4 is 10.8 Å². The Balaban J connectivity index is 2.29. The molecule has 26 heavy (non-hydrogen) atoms. The number of carbonyl (C=O) groups excluding carboxylic acids is 2. The van der Waals surface area contributed by atoms with Gasteiger partial charge in [0.2, 0.25) is 0 Å². The molecule has 12 heteroatoms. The van der Waals surface area contributed by atoms with Crippen LogP contribution in [0.15, 0.2) is 29.2 Å². The largest absolute Gasteiger partial charge is 0.313 e. The third-order valence-corrected chi connectivity index (χ3v) is 5.99. The van der Waals surface area contributed by atoms with Crippen molar-refractivity contribution in [1.29, 1.82) is 0 Å². The smallest absolute Gasteiger partial charge is 0.288 e. The van der Waals surface area contributed by atoms with E-state index in [2.05, 4.69) is 5.32 Å². The van der Waals surface area contributed by atoms with Crippen LogP contribution in [0.1, 0.15) is 31.2 Å². The summed E-state index contributed by atoms with van der Waals surface area (Å²) in [6.07, 6.45) is 0. The molecule has 0 aliphatic rings. The van der Waals surface area contributed by atoms with Gasteiger partial charge < -0.3 is 5.32 Å². The second kappa shape index (κ2) is 7.49. The number of hydroxylamine groups is 1. The lowest BCUT2D eigenvalue weighted by molar-refractivity contribution is -0.226. The van der Waals surface area contributed by atoms with E-state index in [0.717, 1.165) is 28.3 Å². The highest BCUT2D eigenvalue weighted by Gasteiger charge is 2.23. The molecule has 0 bridgehead atoms. The van der Waals surface area contributed by atoms with Crippen LogP contribution in [0.2, 0.25) is 0 Å². The predicted octanol–water partition coefficient (Wildman–Crippen LogP) is 1.51. The van der Waals surface area contributed by atoms with E-state index in [-0.39, 0.29) is 16.1 Å². The molecule has 2 rings (SSSR count). The minimum absolute atomic E-state index is 0.0745. The van der Waals surface area contributed by atoms with E-state index in [1.54, 1.807) is 13.8 Å². The van der Waals surface area contributed by atoms with Gasteiger partial charge in [-0.25, -0.2) is 13.9 Å². The number of aryl methyl sites for hydroxylation is 1. The first-order chi connectivity index (χ1) is 12.1. The lowest BCUT2D eigenvalue weighted by atomic mass is 10.1. The van der Waals surface area contributed by atoms with E-state index in [4.69, 9.17) is 15.6 Å². The fraction of sp³-hybridized carbons (Fsp3) is 0.143. The molecule has 0 spiro atoms. The summed E-state index contributed by atoms with van der Waals surface area (Å²) in [6, 6.07) is 4.39. The first kappa shape index (κ1) is 20.0. The van der Waals surface area contributed by atoms with Crippen LogP contribution in [-0.2, 0) is 10.0 Å². The number of nitrogens with zero attached hydrogens (tertiary/aromatic N) is 1. The molecule has 10 nitrogen and oxygen atoms in total. The van der Waals surface area contributed by atoms with Crippen LogP contribution in [0.3, 0.4) is 0 Å². The zero-order chi connectivity index (χ0) is 19.6. The number of hydrogen-bond donors (Lipinski definition) is 5. The second-order valence-corrected chi connectivity index (χ2v) is 8.11. The number of anilines is 1. The summed E-state index contributed by atoms with van der Waals surface area (Å²) in [7, 11) is -4.47. The van der Waals surface area contributed by atoms with Gasteiger partial charge in [0.05, 0.1) is 15.1 Å². The summed E-state index contributed by atoms with van der Waals surface area (Å²) >= 11 is 1.15. The molecule has 2 aromatic rings. The topological polar surface area (TPSA) is 156 Å². The molecule has 0 saturated carbocycles. The highest BCUT2D eigenvalue weighted by atomic mass is 32.2. The van der Waals surface area contributed by atoms with Gasteiger partial charge in [-0.2, -0.15) is 0 Å².